The maximum Gasteiger partial charge on any atom is 0.253 e. The monoisotopic (exact) mass is 413 g/mol. The Morgan fingerprint density at radius 3 is 2.53 bits per heavy atom. The summed E-state index contributed by atoms with van der Waals surface area (Å²) in [5.74, 6) is 0.669. The van der Waals surface area contributed by atoms with E-state index in [2.05, 4.69) is 10.2 Å². The van der Waals surface area contributed by atoms with Crippen LogP contribution in [-0.4, -0.2) is 73.1 Å². The fourth-order valence-corrected chi connectivity index (χ4v) is 5.24. The van der Waals surface area contributed by atoms with E-state index in [0.29, 0.717) is 25.6 Å². The summed E-state index contributed by atoms with van der Waals surface area (Å²) in [6.07, 6.45) is 6.97. The first-order chi connectivity index (χ1) is 14.6. The van der Waals surface area contributed by atoms with Gasteiger partial charge in [-0.05, 0) is 50.7 Å². The van der Waals surface area contributed by atoms with Crippen molar-refractivity contribution in [3.63, 3.8) is 0 Å². The molecule has 6 heteroatoms. The average molecular weight is 414 g/mol. The van der Waals surface area contributed by atoms with Gasteiger partial charge >= 0.3 is 0 Å². The number of amides is 2. The fraction of sp³-hybridized carbons (Fsp3) is 0.667. The molecular weight excluding hydrogens is 378 g/mol. The van der Waals surface area contributed by atoms with Crippen LogP contribution in [0, 0.1) is 12.8 Å². The first-order valence-corrected chi connectivity index (χ1v) is 11.6. The van der Waals surface area contributed by atoms with Gasteiger partial charge in [-0.25, -0.2) is 0 Å². The SMILES string of the molecule is Cc1cccc(C(=O)N2CCN([C@H](C(=O)NC[C@H]3CCCO3)C3CCCC3)CC2)c1. The highest BCUT2D eigenvalue weighted by Gasteiger charge is 2.37. The van der Waals surface area contributed by atoms with Crippen LogP contribution in [0.25, 0.3) is 0 Å². The molecule has 2 atom stereocenters. The summed E-state index contributed by atoms with van der Waals surface area (Å²) in [5.41, 5.74) is 1.86. The van der Waals surface area contributed by atoms with Crippen LogP contribution in [0.1, 0.15) is 54.4 Å². The van der Waals surface area contributed by atoms with Gasteiger partial charge in [0.05, 0.1) is 12.1 Å². The van der Waals surface area contributed by atoms with Gasteiger partial charge in [0.2, 0.25) is 5.91 Å². The zero-order valence-electron chi connectivity index (χ0n) is 18.1. The van der Waals surface area contributed by atoms with Gasteiger partial charge < -0.3 is 15.0 Å². The summed E-state index contributed by atoms with van der Waals surface area (Å²) in [7, 11) is 0. The third-order valence-electron chi connectivity index (χ3n) is 6.90. The van der Waals surface area contributed by atoms with Gasteiger partial charge in [-0.3, -0.25) is 14.5 Å². The van der Waals surface area contributed by atoms with Crippen molar-refractivity contribution in [2.75, 3.05) is 39.3 Å². The number of benzene rings is 1. The second-order valence-electron chi connectivity index (χ2n) is 9.07. The highest BCUT2D eigenvalue weighted by Crippen LogP contribution is 2.31. The number of ether oxygens (including phenoxy) is 1. The Balaban J connectivity index is 1.36. The lowest BCUT2D eigenvalue weighted by molar-refractivity contribution is -0.129. The molecule has 0 unspecified atom stereocenters. The largest absolute Gasteiger partial charge is 0.376 e. The molecule has 30 heavy (non-hydrogen) atoms. The molecule has 1 saturated carbocycles. The van der Waals surface area contributed by atoms with Crippen molar-refractivity contribution in [3.8, 4) is 0 Å². The van der Waals surface area contributed by atoms with Gasteiger partial charge in [0.1, 0.15) is 0 Å². The van der Waals surface area contributed by atoms with E-state index in [1.807, 2.05) is 36.1 Å². The number of nitrogens with one attached hydrogen (secondary N) is 1. The van der Waals surface area contributed by atoms with E-state index in [9.17, 15) is 9.59 Å². The van der Waals surface area contributed by atoms with E-state index in [1.54, 1.807) is 0 Å². The first kappa shape index (κ1) is 21.3. The molecule has 0 spiro atoms. The number of nitrogens with zero attached hydrogens (tertiary/aromatic N) is 2. The van der Waals surface area contributed by atoms with Crippen LogP contribution in [-0.2, 0) is 9.53 Å². The number of aryl methyl sites for hydroxylation is 1. The molecule has 1 N–H and O–H groups in total. The van der Waals surface area contributed by atoms with Crippen molar-refractivity contribution in [1.29, 1.82) is 0 Å². The molecule has 0 aromatic heterocycles. The molecule has 1 aromatic rings. The normalized spacial score (nSPS) is 24.2. The maximum atomic E-state index is 13.2. The third kappa shape index (κ3) is 5.03. The van der Waals surface area contributed by atoms with Crippen molar-refractivity contribution in [1.82, 2.24) is 15.1 Å². The molecule has 6 nitrogen and oxygen atoms in total. The average Bonchev–Trinajstić information content (AvgIpc) is 3.47. The maximum absolute atomic E-state index is 13.2. The lowest BCUT2D eigenvalue weighted by atomic mass is 9.94. The van der Waals surface area contributed by atoms with Crippen molar-refractivity contribution in [2.45, 2.75) is 57.6 Å². The summed E-state index contributed by atoms with van der Waals surface area (Å²) >= 11 is 0. The van der Waals surface area contributed by atoms with Gasteiger partial charge in [-0.2, -0.15) is 0 Å². The standard InChI is InChI=1S/C24H35N3O3/c1-18-6-4-9-20(16-18)24(29)27-13-11-26(12-14-27)22(19-7-2-3-8-19)23(28)25-17-21-10-5-15-30-21/h4,6,9,16,19,21-22H,2-3,5,7-8,10-15,17H2,1H3,(H,25,28)/t21-,22+/m1/s1. The van der Waals surface area contributed by atoms with E-state index in [1.165, 1.54) is 12.8 Å². The third-order valence-corrected chi connectivity index (χ3v) is 6.90. The van der Waals surface area contributed by atoms with Gasteiger partial charge in [0.25, 0.3) is 5.91 Å². The molecule has 164 valence electrons. The topological polar surface area (TPSA) is 61.9 Å². The Hall–Kier alpha value is -1.92. The van der Waals surface area contributed by atoms with Crippen LogP contribution in [0.15, 0.2) is 24.3 Å². The summed E-state index contributed by atoms with van der Waals surface area (Å²) in [4.78, 5) is 30.3. The second-order valence-corrected chi connectivity index (χ2v) is 9.07. The van der Waals surface area contributed by atoms with Crippen LogP contribution >= 0.6 is 0 Å². The molecule has 2 aliphatic heterocycles. The molecule has 1 aromatic carbocycles. The predicted octanol–water partition coefficient (Wildman–Crippen LogP) is 2.61. The fourth-order valence-electron chi connectivity index (χ4n) is 5.24. The Kier molecular flexibility index (Phi) is 7.05. The summed E-state index contributed by atoms with van der Waals surface area (Å²) in [6.45, 7) is 6.30. The minimum Gasteiger partial charge on any atom is -0.376 e. The van der Waals surface area contributed by atoms with E-state index in [0.717, 1.165) is 56.5 Å². The lowest BCUT2D eigenvalue weighted by Crippen LogP contribution is -2.58. The number of rotatable bonds is 6. The first-order valence-electron chi connectivity index (χ1n) is 11.6. The molecule has 3 aliphatic rings. The lowest BCUT2D eigenvalue weighted by Gasteiger charge is -2.41. The molecule has 2 saturated heterocycles. The van der Waals surface area contributed by atoms with Crippen molar-refractivity contribution in [2.24, 2.45) is 5.92 Å². The van der Waals surface area contributed by atoms with Crippen LogP contribution in [0.4, 0.5) is 0 Å². The Morgan fingerprint density at radius 1 is 1.10 bits per heavy atom. The number of piperazine rings is 1. The zero-order chi connectivity index (χ0) is 20.9. The Labute approximate surface area is 179 Å². The molecular formula is C24H35N3O3. The van der Waals surface area contributed by atoms with Crippen LogP contribution in [0.3, 0.4) is 0 Å². The van der Waals surface area contributed by atoms with Crippen LogP contribution in [0.5, 0.6) is 0 Å². The molecule has 2 heterocycles. The highest BCUT2D eigenvalue weighted by atomic mass is 16.5. The van der Waals surface area contributed by atoms with E-state index >= 15 is 0 Å². The number of carbonyl (C=O) groups is 2. The molecule has 2 amide bonds. The van der Waals surface area contributed by atoms with E-state index < -0.39 is 0 Å². The molecule has 4 rings (SSSR count). The second kappa shape index (κ2) is 9.92. The quantitative estimate of drug-likeness (QED) is 0.779. The van der Waals surface area contributed by atoms with Gasteiger partial charge in [0, 0.05) is 44.9 Å². The van der Waals surface area contributed by atoms with Crippen LogP contribution < -0.4 is 5.32 Å². The van der Waals surface area contributed by atoms with Gasteiger partial charge in [-0.1, -0.05) is 30.5 Å². The molecule has 3 fully saturated rings. The highest BCUT2D eigenvalue weighted by molar-refractivity contribution is 5.94. The van der Waals surface area contributed by atoms with Gasteiger partial charge in [0.15, 0.2) is 0 Å². The smallest absolute Gasteiger partial charge is 0.253 e. The predicted molar refractivity (Wildman–Crippen MR) is 116 cm³/mol. The zero-order valence-corrected chi connectivity index (χ0v) is 18.1. The van der Waals surface area contributed by atoms with Crippen molar-refractivity contribution < 1.29 is 14.3 Å². The summed E-state index contributed by atoms with van der Waals surface area (Å²) in [6, 6.07) is 7.71. The number of carbonyl (C=O) groups excluding carboxylic acids is 2. The number of hydrogen-bond acceptors (Lipinski definition) is 4. The minimum atomic E-state index is -0.0786. The van der Waals surface area contributed by atoms with Gasteiger partial charge in [-0.15, -0.1) is 0 Å². The Bertz CT molecular complexity index is 733. The molecule has 1 aliphatic carbocycles. The van der Waals surface area contributed by atoms with E-state index in [4.69, 9.17) is 4.74 Å². The molecule has 0 radical (unpaired) electrons. The minimum absolute atomic E-state index is 0.0786. The van der Waals surface area contributed by atoms with Crippen LogP contribution in [0.2, 0.25) is 0 Å². The molecule has 0 bridgehead atoms. The van der Waals surface area contributed by atoms with Crippen molar-refractivity contribution >= 4 is 11.8 Å². The summed E-state index contributed by atoms with van der Waals surface area (Å²) in [5, 5.41) is 3.18. The van der Waals surface area contributed by atoms with E-state index in [-0.39, 0.29) is 24.0 Å². The van der Waals surface area contributed by atoms with Crippen molar-refractivity contribution in [3.05, 3.63) is 35.4 Å². The number of hydrogen-bond donors (Lipinski definition) is 1. The summed E-state index contributed by atoms with van der Waals surface area (Å²) < 4.78 is 5.67. The Morgan fingerprint density at radius 2 is 1.87 bits per heavy atom.